The number of carbonyl (C=O) groups excluding carboxylic acids is 1. The summed E-state index contributed by atoms with van der Waals surface area (Å²) in [7, 11) is 1.46. The first-order chi connectivity index (χ1) is 6.86. The standard InChI is InChI=1S/C10H9ClF2O2/c1-6-5-7(3-4-8(6)15-2)9(14)10(11,12)13/h3-5H,1-2H3. The molecule has 15 heavy (non-hydrogen) atoms. The number of hydrogen-bond acceptors (Lipinski definition) is 2. The Morgan fingerprint density at radius 2 is 2.07 bits per heavy atom. The second kappa shape index (κ2) is 4.14. The fourth-order valence-electron chi connectivity index (χ4n) is 1.18. The summed E-state index contributed by atoms with van der Waals surface area (Å²) in [6, 6.07) is 4.02. The van der Waals surface area contributed by atoms with E-state index >= 15 is 0 Å². The lowest BCUT2D eigenvalue weighted by Crippen LogP contribution is -2.21. The molecule has 0 radical (unpaired) electrons. The predicted molar refractivity (Wildman–Crippen MR) is 52.9 cm³/mol. The number of benzene rings is 1. The van der Waals surface area contributed by atoms with E-state index in [-0.39, 0.29) is 5.56 Å². The highest BCUT2D eigenvalue weighted by atomic mass is 35.5. The van der Waals surface area contributed by atoms with Crippen LogP contribution in [-0.4, -0.2) is 18.3 Å². The van der Waals surface area contributed by atoms with Crippen molar-refractivity contribution in [1.29, 1.82) is 0 Å². The summed E-state index contributed by atoms with van der Waals surface area (Å²) in [5, 5.41) is -3.86. The molecule has 0 atom stereocenters. The first-order valence-corrected chi connectivity index (χ1v) is 4.50. The molecule has 0 saturated carbocycles. The van der Waals surface area contributed by atoms with E-state index < -0.39 is 11.2 Å². The SMILES string of the molecule is COc1ccc(C(=O)C(F)(F)Cl)cc1C. The van der Waals surface area contributed by atoms with Crippen molar-refractivity contribution in [1.82, 2.24) is 0 Å². The summed E-state index contributed by atoms with van der Waals surface area (Å²) in [5.41, 5.74) is 0.470. The second-order valence-corrected chi connectivity index (χ2v) is 3.49. The van der Waals surface area contributed by atoms with Crippen LogP contribution in [0.25, 0.3) is 0 Å². The molecule has 0 unspecified atom stereocenters. The molecule has 82 valence electrons. The van der Waals surface area contributed by atoms with Crippen molar-refractivity contribution in [3.8, 4) is 5.75 Å². The lowest BCUT2D eigenvalue weighted by atomic mass is 10.1. The summed E-state index contributed by atoms with van der Waals surface area (Å²) in [4.78, 5) is 11.1. The van der Waals surface area contributed by atoms with Gasteiger partial charge in [-0.2, -0.15) is 8.78 Å². The van der Waals surface area contributed by atoms with Crippen molar-refractivity contribution in [2.75, 3.05) is 7.11 Å². The Bertz CT molecular complexity index is 385. The van der Waals surface area contributed by atoms with E-state index in [1.54, 1.807) is 6.92 Å². The van der Waals surface area contributed by atoms with E-state index in [1.807, 2.05) is 0 Å². The zero-order chi connectivity index (χ0) is 11.6. The summed E-state index contributed by atoms with van der Waals surface area (Å²) in [6.07, 6.45) is 0. The molecule has 0 heterocycles. The van der Waals surface area contributed by atoms with Crippen LogP contribution in [0.5, 0.6) is 5.75 Å². The fourth-order valence-corrected chi connectivity index (χ4v) is 1.29. The van der Waals surface area contributed by atoms with Gasteiger partial charge in [-0.15, -0.1) is 0 Å². The van der Waals surface area contributed by atoms with Crippen molar-refractivity contribution in [3.05, 3.63) is 29.3 Å². The van der Waals surface area contributed by atoms with Crippen LogP contribution in [0.1, 0.15) is 15.9 Å². The summed E-state index contributed by atoms with van der Waals surface area (Å²) in [5.74, 6) is -0.876. The Morgan fingerprint density at radius 1 is 1.47 bits per heavy atom. The minimum atomic E-state index is -3.86. The summed E-state index contributed by atoms with van der Waals surface area (Å²) >= 11 is 4.63. The third-order valence-corrected chi connectivity index (χ3v) is 2.09. The molecule has 0 aromatic heterocycles. The Kier molecular flexibility index (Phi) is 3.29. The highest BCUT2D eigenvalue weighted by Crippen LogP contribution is 2.27. The first kappa shape index (κ1) is 11.9. The Labute approximate surface area is 90.8 Å². The molecule has 2 nitrogen and oxygen atoms in total. The molecule has 0 aliphatic heterocycles. The topological polar surface area (TPSA) is 26.3 Å². The molecule has 0 N–H and O–H groups in total. The molecule has 1 aromatic carbocycles. The Hall–Kier alpha value is -1.16. The number of carbonyl (C=O) groups is 1. The van der Waals surface area contributed by atoms with Gasteiger partial charge in [0.2, 0.25) is 5.78 Å². The summed E-state index contributed by atoms with van der Waals surface area (Å²) < 4.78 is 29.9. The highest BCUT2D eigenvalue weighted by molar-refractivity contribution is 6.35. The van der Waals surface area contributed by atoms with Gasteiger partial charge in [0.1, 0.15) is 5.75 Å². The number of ether oxygens (including phenoxy) is 1. The maximum atomic E-state index is 12.5. The number of ketones is 1. The molecular weight excluding hydrogens is 226 g/mol. The third-order valence-electron chi connectivity index (χ3n) is 1.91. The maximum Gasteiger partial charge on any atom is 0.384 e. The van der Waals surface area contributed by atoms with Crippen molar-refractivity contribution >= 4 is 17.4 Å². The van der Waals surface area contributed by atoms with Gasteiger partial charge in [0, 0.05) is 5.56 Å². The number of hydrogen-bond donors (Lipinski definition) is 0. The summed E-state index contributed by atoms with van der Waals surface area (Å²) in [6.45, 7) is 1.65. The van der Waals surface area contributed by atoms with Gasteiger partial charge in [-0.25, -0.2) is 0 Å². The predicted octanol–water partition coefficient (Wildman–Crippen LogP) is 3.02. The average Bonchev–Trinajstić information content (AvgIpc) is 2.15. The molecule has 0 fully saturated rings. The quantitative estimate of drug-likeness (QED) is 0.594. The van der Waals surface area contributed by atoms with Crippen LogP contribution in [0.2, 0.25) is 0 Å². The smallest absolute Gasteiger partial charge is 0.384 e. The van der Waals surface area contributed by atoms with Gasteiger partial charge >= 0.3 is 5.38 Å². The number of Topliss-reactive ketones (excluding diaryl/α,β-unsaturated/α-hetero) is 1. The van der Waals surface area contributed by atoms with Gasteiger partial charge in [-0.3, -0.25) is 4.79 Å². The zero-order valence-corrected chi connectivity index (χ0v) is 8.94. The van der Waals surface area contributed by atoms with Crippen LogP contribution in [0.3, 0.4) is 0 Å². The van der Waals surface area contributed by atoms with Crippen molar-refractivity contribution in [2.24, 2.45) is 0 Å². The Balaban J connectivity index is 3.08. The van der Waals surface area contributed by atoms with Crippen LogP contribution < -0.4 is 4.74 Å². The van der Waals surface area contributed by atoms with Gasteiger partial charge in [0.25, 0.3) is 0 Å². The number of alkyl halides is 3. The van der Waals surface area contributed by atoms with Crippen LogP contribution in [-0.2, 0) is 0 Å². The minimum Gasteiger partial charge on any atom is -0.496 e. The van der Waals surface area contributed by atoms with E-state index in [4.69, 9.17) is 4.74 Å². The highest BCUT2D eigenvalue weighted by Gasteiger charge is 2.36. The first-order valence-electron chi connectivity index (χ1n) is 4.12. The molecule has 1 aromatic rings. The Morgan fingerprint density at radius 3 is 2.47 bits per heavy atom. The van der Waals surface area contributed by atoms with Crippen LogP contribution >= 0.6 is 11.6 Å². The molecule has 5 heteroatoms. The zero-order valence-electron chi connectivity index (χ0n) is 8.18. The van der Waals surface area contributed by atoms with Crippen molar-refractivity contribution in [3.63, 3.8) is 0 Å². The van der Waals surface area contributed by atoms with E-state index in [0.29, 0.717) is 11.3 Å². The number of methoxy groups -OCH3 is 1. The van der Waals surface area contributed by atoms with E-state index in [0.717, 1.165) is 0 Å². The van der Waals surface area contributed by atoms with Gasteiger partial charge in [0.15, 0.2) is 0 Å². The number of aryl methyl sites for hydroxylation is 1. The molecule has 0 bridgehead atoms. The molecule has 1 rings (SSSR count). The lowest BCUT2D eigenvalue weighted by molar-refractivity contribution is 0.0536. The van der Waals surface area contributed by atoms with Gasteiger partial charge in [-0.1, -0.05) is 0 Å². The molecular formula is C10H9ClF2O2. The number of halogens is 3. The third kappa shape index (κ3) is 2.65. The molecule has 0 spiro atoms. The molecule has 0 amide bonds. The minimum absolute atomic E-state index is 0.131. The van der Waals surface area contributed by atoms with E-state index in [9.17, 15) is 13.6 Å². The average molecular weight is 235 g/mol. The van der Waals surface area contributed by atoms with Crippen LogP contribution in [0.4, 0.5) is 8.78 Å². The maximum absolute atomic E-state index is 12.5. The van der Waals surface area contributed by atoms with Crippen LogP contribution in [0.15, 0.2) is 18.2 Å². The van der Waals surface area contributed by atoms with E-state index in [1.165, 1.54) is 25.3 Å². The fraction of sp³-hybridized carbons (Fsp3) is 0.300. The lowest BCUT2D eigenvalue weighted by Gasteiger charge is -2.09. The van der Waals surface area contributed by atoms with Crippen molar-refractivity contribution < 1.29 is 18.3 Å². The normalized spacial score (nSPS) is 11.3. The molecule has 0 saturated heterocycles. The van der Waals surface area contributed by atoms with Gasteiger partial charge < -0.3 is 4.74 Å². The van der Waals surface area contributed by atoms with E-state index in [2.05, 4.69) is 11.6 Å². The van der Waals surface area contributed by atoms with Gasteiger partial charge in [0.05, 0.1) is 7.11 Å². The van der Waals surface area contributed by atoms with Crippen molar-refractivity contribution in [2.45, 2.75) is 12.3 Å². The van der Waals surface area contributed by atoms with Gasteiger partial charge in [-0.05, 0) is 42.3 Å². The molecule has 0 aliphatic carbocycles. The second-order valence-electron chi connectivity index (χ2n) is 3.01. The number of rotatable bonds is 3. The molecule has 0 aliphatic rings. The monoisotopic (exact) mass is 234 g/mol. The van der Waals surface area contributed by atoms with Crippen LogP contribution in [0, 0.1) is 6.92 Å². The largest absolute Gasteiger partial charge is 0.496 e.